The van der Waals surface area contributed by atoms with E-state index in [-0.39, 0.29) is 23.5 Å². The maximum atomic E-state index is 12.6. The van der Waals surface area contributed by atoms with Crippen molar-refractivity contribution in [2.24, 2.45) is 35.0 Å². The summed E-state index contributed by atoms with van der Waals surface area (Å²) in [6, 6.07) is 0. The summed E-state index contributed by atoms with van der Waals surface area (Å²) in [6.07, 6.45) is 13.7. The molecule has 0 aromatic carbocycles. The number of hydrogen-bond acceptors (Lipinski definition) is 3. The van der Waals surface area contributed by atoms with E-state index in [0.29, 0.717) is 23.3 Å². The minimum atomic E-state index is -1.01. The molecule has 3 aliphatic carbocycles. The molecular formula is C25H36O3. The van der Waals surface area contributed by atoms with Gasteiger partial charge in [-0.05, 0) is 75.2 Å². The van der Waals surface area contributed by atoms with Crippen LogP contribution in [0.25, 0.3) is 0 Å². The number of aldehydes is 1. The third-order valence-corrected chi connectivity index (χ3v) is 7.85. The molecule has 2 saturated carbocycles. The Hall–Kier alpha value is -1.48. The van der Waals surface area contributed by atoms with Gasteiger partial charge >= 0.3 is 0 Å². The van der Waals surface area contributed by atoms with Crippen LogP contribution in [0.15, 0.2) is 35.5 Å². The van der Waals surface area contributed by atoms with Crippen LogP contribution in [0.4, 0.5) is 0 Å². The molecule has 0 saturated heterocycles. The summed E-state index contributed by atoms with van der Waals surface area (Å²) in [7, 11) is 0. The number of allylic oxidation sites excluding steroid dienone is 6. The summed E-state index contributed by atoms with van der Waals surface area (Å²) in [5.41, 5.74) is 0.990. The molecule has 3 heteroatoms. The number of carbonyl (C=O) groups excluding carboxylic acids is 2. The molecule has 0 aromatic rings. The molecule has 1 N–H and O–H groups in total. The smallest absolute Gasteiger partial charge is 0.146 e. The van der Waals surface area contributed by atoms with E-state index in [1.807, 2.05) is 6.08 Å². The molecule has 7 atom stereocenters. The van der Waals surface area contributed by atoms with Gasteiger partial charge < -0.3 is 5.11 Å². The first-order chi connectivity index (χ1) is 13.1. The maximum absolute atomic E-state index is 12.6. The fourth-order valence-corrected chi connectivity index (χ4v) is 6.25. The Morgan fingerprint density at radius 2 is 2.00 bits per heavy atom. The molecule has 3 aliphatic rings. The lowest BCUT2D eigenvalue weighted by molar-refractivity contribution is -0.121. The highest BCUT2D eigenvalue weighted by Crippen LogP contribution is 2.59. The predicted octanol–water partition coefficient (Wildman–Crippen LogP) is 5.05. The summed E-state index contributed by atoms with van der Waals surface area (Å²) in [5.74, 6) is 0.967. The zero-order valence-electron chi connectivity index (χ0n) is 18.1. The van der Waals surface area contributed by atoms with Gasteiger partial charge in [0.05, 0.1) is 11.5 Å². The monoisotopic (exact) mass is 384 g/mol. The normalized spacial score (nSPS) is 43.5. The van der Waals surface area contributed by atoms with Gasteiger partial charge in [-0.2, -0.15) is 0 Å². The Kier molecular flexibility index (Phi) is 5.87. The molecule has 0 aromatic heterocycles. The molecule has 0 bridgehead atoms. The fraction of sp³-hybridized carbons (Fsp3) is 0.680. The van der Waals surface area contributed by atoms with Gasteiger partial charge in [0.1, 0.15) is 12.1 Å². The standard InChI is InChI=1S/C25H36O3/c1-16(2)7-6-8-17(3)19-11-12-24(4)13-21-23(22(27)14-25(21,5)28)18(15-26)9-10-20(19)24/h6-9,15,17,19-21,23,28H,10-14H2,1-5H3/b8-6-,18-9-/t17-,19+,20-,21-,23+,24+,25+/m0/s1. The van der Waals surface area contributed by atoms with E-state index in [1.54, 1.807) is 6.92 Å². The van der Waals surface area contributed by atoms with E-state index in [1.165, 1.54) is 12.0 Å². The molecule has 0 heterocycles. The van der Waals surface area contributed by atoms with Gasteiger partial charge in [0.25, 0.3) is 0 Å². The van der Waals surface area contributed by atoms with Crippen molar-refractivity contribution in [3.8, 4) is 0 Å². The van der Waals surface area contributed by atoms with Gasteiger partial charge in [-0.3, -0.25) is 9.59 Å². The van der Waals surface area contributed by atoms with Crippen molar-refractivity contribution in [1.29, 1.82) is 0 Å². The zero-order valence-corrected chi connectivity index (χ0v) is 18.1. The second-order valence-corrected chi connectivity index (χ2v) is 10.3. The van der Waals surface area contributed by atoms with Gasteiger partial charge in [0, 0.05) is 12.3 Å². The van der Waals surface area contributed by atoms with Gasteiger partial charge in [-0.25, -0.2) is 0 Å². The number of Topliss-reactive ketones (excluding diaryl/α,β-unsaturated/α-hetero) is 1. The van der Waals surface area contributed by atoms with Gasteiger partial charge in [-0.1, -0.05) is 43.7 Å². The lowest BCUT2D eigenvalue weighted by Crippen LogP contribution is -2.40. The van der Waals surface area contributed by atoms with Crippen molar-refractivity contribution in [2.45, 2.75) is 72.3 Å². The van der Waals surface area contributed by atoms with Gasteiger partial charge in [0.2, 0.25) is 0 Å². The molecular weight excluding hydrogens is 348 g/mol. The molecule has 0 unspecified atom stereocenters. The Labute approximate surface area is 170 Å². The average molecular weight is 385 g/mol. The largest absolute Gasteiger partial charge is 0.389 e. The van der Waals surface area contributed by atoms with Crippen LogP contribution in [0.1, 0.15) is 66.7 Å². The first kappa shape index (κ1) is 21.2. The highest BCUT2D eigenvalue weighted by Gasteiger charge is 2.56. The predicted molar refractivity (Wildman–Crippen MR) is 113 cm³/mol. The summed E-state index contributed by atoms with van der Waals surface area (Å²) >= 11 is 0. The van der Waals surface area contributed by atoms with Crippen LogP contribution in [0.2, 0.25) is 0 Å². The number of hydrogen-bond donors (Lipinski definition) is 1. The Bertz CT molecular complexity index is 722. The van der Waals surface area contributed by atoms with Crippen molar-refractivity contribution in [3.63, 3.8) is 0 Å². The fourth-order valence-electron chi connectivity index (χ4n) is 6.25. The number of rotatable bonds is 4. The molecule has 0 radical (unpaired) electrons. The lowest BCUT2D eigenvalue weighted by Gasteiger charge is -2.42. The second-order valence-electron chi connectivity index (χ2n) is 10.3. The quantitative estimate of drug-likeness (QED) is 0.545. The van der Waals surface area contributed by atoms with Crippen molar-refractivity contribution in [3.05, 3.63) is 35.5 Å². The zero-order chi connectivity index (χ0) is 20.7. The summed E-state index contributed by atoms with van der Waals surface area (Å²) in [6.45, 7) is 10.6. The van der Waals surface area contributed by atoms with Gasteiger partial charge in [-0.15, -0.1) is 0 Å². The van der Waals surface area contributed by atoms with Crippen LogP contribution in [0, 0.1) is 35.0 Å². The molecule has 3 nitrogen and oxygen atoms in total. The summed E-state index contributed by atoms with van der Waals surface area (Å²) < 4.78 is 0. The summed E-state index contributed by atoms with van der Waals surface area (Å²) in [4.78, 5) is 24.4. The number of aliphatic hydroxyl groups is 1. The summed E-state index contributed by atoms with van der Waals surface area (Å²) in [5, 5.41) is 11.0. The number of ketones is 1. The van der Waals surface area contributed by atoms with Crippen molar-refractivity contribution >= 4 is 12.1 Å². The van der Waals surface area contributed by atoms with Crippen LogP contribution in [-0.4, -0.2) is 22.8 Å². The molecule has 28 heavy (non-hydrogen) atoms. The minimum Gasteiger partial charge on any atom is -0.389 e. The maximum Gasteiger partial charge on any atom is 0.146 e. The van der Waals surface area contributed by atoms with E-state index in [2.05, 4.69) is 45.9 Å². The van der Waals surface area contributed by atoms with Crippen LogP contribution in [0.3, 0.4) is 0 Å². The molecule has 0 aliphatic heterocycles. The third-order valence-electron chi connectivity index (χ3n) is 7.85. The Morgan fingerprint density at radius 1 is 1.29 bits per heavy atom. The van der Waals surface area contributed by atoms with E-state index < -0.39 is 11.5 Å². The molecule has 0 spiro atoms. The SMILES string of the molecule is CC(C)=C/C=C\[C@H](C)[C@H]1CC[C@]2(C)C[C@H]3[C@H](C(=O)C[C@@]3(C)O)/C(C=O)=C\C[C@@H]12. The topological polar surface area (TPSA) is 54.4 Å². The van der Waals surface area contributed by atoms with Crippen LogP contribution < -0.4 is 0 Å². The Morgan fingerprint density at radius 3 is 2.64 bits per heavy atom. The highest BCUT2D eigenvalue weighted by atomic mass is 16.3. The van der Waals surface area contributed by atoms with E-state index >= 15 is 0 Å². The van der Waals surface area contributed by atoms with Crippen LogP contribution >= 0.6 is 0 Å². The van der Waals surface area contributed by atoms with E-state index in [9.17, 15) is 14.7 Å². The minimum absolute atomic E-state index is 0.0305. The van der Waals surface area contributed by atoms with Gasteiger partial charge in [0.15, 0.2) is 0 Å². The molecule has 3 rings (SSSR count). The number of carbonyl (C=O) groups is 2. The molecule has 2 fully saturated rings. The van der Waals surface area contributed by atoms with Crippen LogP contribution in [0.5, 0.6) is 0 Å². The second kappa shape index (κ2) is 7.74. The molecule has 0 amide bonds. The van der Waals surface area contributed by atoms with Crippen molar-refractivity contribution in [2.75, 3.05) is 0 Å². The van der Waals surface area contributed by atoms with E-state index in [0.717, 1.165) is 25.5 Å². The first-order valence-electron chi connectivity index (χ1n) is 10.8. The average Bonchev–Trinajstić information content (AvgIpc) is 3.01. The van der Waals surface area contributed by atoms with Crippen molar-refractivity contribution < 1.29 is 14.7 Å². The Balaban J connectivity index is 1.92. The first-order valence-corrected chi connectivity index (χ1v) is 10.8. The third kappa shape index (κ3) is 3.83. The highest BCUT2D eigenvalue weighted by molar-refractivity contribution is 5.94. The van der Waals surface area contributed by atoms with Crippen LogP contribution in [-0.2, 0) is 9.59 Å². The lowest BCUT2D eigenvalue weighted by atomic mass is 9.63. The van der Waals surface area contributed by atoms with E-state index in [4.69, 9.17) is 0 Å². The number of fused-ring (bicyclic) bond motifs is 2. The van der Waals surface area contributed by atoms with Crippen molar-refractivity contribution in [1.82, 2.24) is 0 Å². The molecule has 154 valence electrons.